The van der Waals surface area contributed by atoms with E-state index >= 15 is 0 Å². The summed E-state index contributed by atoms with van der Waals surface area (Å²) in [5.41, 5.74) is 1.52. The first-order valence-corrected chi connectivity index (χ1v) is 9.57. The second-order valence-corrected chi connectivity index (χ2v) is 7.00. The van der Waals surface area contributed by atoms with Crippen molar-refractivity contribution in [2.45, 2.75) is 6.92 Å². The number of carboxylic acid groups (broad SMARTS) is 1. The lowest BCUT2D eigenvalue weighted by Crippen LogP contribution is -2.28. The molecule has 148 valence electrons. The number of methoxy groups -OCH3 is 1. The average molecular weight is 410 g/mol. The zero-order valence-corrected chi connectivity index (χ0v) is 16.6. The van der Waals surface area contributed by atoms with Gasteiger partial charge in [0.25, 0.3) is 5.91 Å². The summed E-state index contributed by atoms with van der Waals surface area (Å²) in [6, 6.07) is 13.1. The number of carbonyl (C=O) groups is 3. The molecule has 3 rings (SSSR count). The molecule has 1 amide bonds. The minimum absolute atomic E-state index is 0.0694. The maximum Gasteiger partial charge on any atom is 0.337 e. The van der Waals surface area contributed by atoms with Gasteiger partial charge >= 0.3 is 11.9 Å². The first-order valence-electron chi connectivity index (χ1n) is 8.75. The molecule has 1 saturated heterocycles. The molecule has 0 saturated carbocycles. The maximum atomic E-state index is 12.7. The van der Waals surface area contributed by atoms with Gasteiger partial charge in [-0.2, -0.15) is 0 Å². The molecular formula is C21H18N2O5S. The molecule has 1 aliphatic heterocycles. The lowest BCUT2D eigenvalue weighted by molar-refractivity contribution is -0.122. The number of hydrogen-bond donors (Lipinski definition) is 1. The highest BCUT2D eigenvalue weighted by Gasteiger charge is 2.32. The summed E-state index contributed by atoms with van der Waals surface area (Å²) < 4.78 is 4.68. The van der Waals surface area contributed by atoms with Gasteiger partial charge in [-0.05, 0) is 54.6 Å². The molecule has 29 heavy (non-hydrogen) atoms. The van der Waals surface area contributed by atoms with Crippen LogP contribution in [0.5, 0.6) is 0 Å². The Hall–Kier alpha value is -3.39. The molecule has 7 nitrogen and oxygen atoms in total. The number of carboxylic acids is 1. The Morgan fingerprint density at radius 3 is 2.48 bits per heavy atom. The van der Waals surface area contributed by atoms with Gasteiger partial charge in [0.2, 0.25) is 0 Å². The number of ether oxygens (including phenoxy) is 1. The van der Waals surface area contributed by atoms with Gasteiger partial charge in [-0.15, -0.1) is 0 Å². The number of para-hydroxylation sites is 1. The zero-order valence-electron chi connectivity index (χ0n) is 15.8. The first kappa shape index (κ1) is 20.3. The van der Waals surface area contributed by atoms with Gasteiger partial charge in [0.1, 0.15) is 0 Å². The van der Waals surface area contributed by atoms with E-state index in [9.17, 15) is 19.5 Å². The standard InChI is InChI=1S/C21H18N2O5S/c1-3-23-18(24)17(12-13-8-10-14(11-9-13)20(27)28-2)29-21(23)22-16-7-5-4-6-15(16)19(25)26/h4-12H,3H2,1-2H3,(H,25,26)/b17-12-,22-21?. The van der Waals surface area contributed by atoms with Crippen molar-refractivity contribution >= 4 is 46.5 Å². The van der Waals surface area contributed by atoms with Crippen LogP contribution in [0.15, 0.2) is 58.4 Å². The second-order valence-electron chi connectivity index (χ2n) is 5.99. The number of nitrogens with zero attached hydrogens (tertiary/aromatic N) is 2. The third-order valence-electron chi connectivity index (χ3n) is 4.18. The van der Waals surface area contributed by atoms with Crippen LogP contribution in [0.25, 0.3) is 6.08 Å². The number of esters is 1. The Kier molecular flexibility index (Phi) is 6.13. The van der Waals surface area contributed by atoms with Crippen LogP contribution in [-0.4, -0.2) is 46.7 Å². The normalized spacial score (nSPS) is 16.5. The van der Waals surface area contributed by atoms with Gasteiger partial charge < -0.3 is 9.84 Å². The summed E-state index contributed by atoms with van der Waals surface area (Å²) in [5, 5.41) is 9.76. The average Bonchev–Trinajstić information content (AvgIpc) is 3.02. The third kappa shape index (κ3) is 4.38. The summed E-state index contributed by atoms with van der Waals surface area (Å²) in [6.07, 6.45) is 1.71. The fraction of sp³-hybridized carbons (Fsp3) is 0.143. The third-order valence-corrected chi connectivity index (χ3v) is 5.19. The number of rotatable bonds is 5. The number of thioether (sulfide) groups is 1. The van der Waals surface area contributed by atoms with E-state index in [2.05, 4.69) is 9.73 Å². The van der Waals surface area contributed by atoms with Crippen LogP contribution < -0.4 is 0 Å². The number of benzene rings is 2. The predicted octanol–water partition coefficient (Wildman–Crippen LogP) is 3.80. The Balaban J connectivity index is 1.92. The summed E-state index contributed by atoms with van der Waals surface area (Å²) in [7, 11) is 1.31. The van der Waals surface area contributed by atoms with E-state index in [-0.39, 0.29) is 17.2 Å². The Bertz CT molecular complexity index is 1030. The highest BCUT2D eigenvalue weighted by molar-refractivity contribution is 8.18. The molecule has 1 heterocycles. The van der Waals surface area contributed by atoms with Crippen LogP contribution in [0.1, 0.15) is 33.2 Å². The number of hydrogen-bond acceptors (Lipinski definition) is 6. The van der Waals surface area contributed by atoms with Crippen LogP contribution >= 0.6 is 11.8 Å². The molecule has 0 unspecified atom stereocenters. The summed E-state index contributed by atoms with van der Waals surface area (Å²) in [4.78, 5) is 42.1. The molecule has 0 atom stereocenters. The van der Waals surface area contributed by atoms with Gasteiger partial charge in [-0.3, -0.25) is 9.69 Å². The van der Waals surface area contributed by atoms with Crippen LogP contribution in [0.3, 0.4) is 0 Å². The van der Waals surface area contributed by atoms with Gasteiger partial charge in [0, 0.05) is 6.54 Å². The fourth-order valence-corrected chi connectivity index (χ4v) is 3.77. The molecule has 0 bridgehead atoms. The van der Waals surface area contributed by atoms with E-state index in [0.29, 0.717) is 22.2 Å². The molecule has 0 radical (unpaired) electrons. The smallest absolute Gasteiger partial charge is 0.337 e. The van der Waals surface area contributed by atoms with Crippen molar-refractivity contribution in [2.24, 2.45) is 4.99 Å². The van der Waals surface area contributed by atoms with Crippen LogP contribution in [0.4, 0.5) is 5.69 Å². The monoisotopic (exact) mass is 410 g/mol. The van der Waals surface area contributed by atoms with Gasteiger partial charge in [0.05, 0.1) is 28.8 Å². The van der Waals surface area contributed by atoms with Crippen molar-refractivity contribution in [1.82, 2.24) is 4.90 Å². The zero-order chi connectivity index (χ0) is 21.0. The van der Waals surface area contributed by atoms with E-state index in [1.54, 1.807) is 48.5 Å². The number of aliphatic imine (C=N–C) groups is 1. The van der Waals surface area contributed by atoms with Crippen molar-refractivity contribution in [3.8, 4) is 0 Å². The Labute approximate surface area is 171 Å². The van der Waals surface area contributed by atoms with Crippen molar-refractivity contribution in [3.63, 3.8) is 0 Å². The minimum atomic E-state index is -1.08. The van der Waals surface area contributed by atoms with Crippen molar-refractivity contribution in [1.29, 1.82) is 0 Å². The maximum absolute atomic E-state index is 12.7. The van der Waals surface area contributed by atoms with Crippen LogP contribution in [0.2, 0.25) is 0 Å². The Morgan fingerprint density at radius 1 is 1.17 bits per heavy atom. The van der Waals surface area contributed by atoms with E-state index in [4.69, 9.17) is 0 Å². The molecule has 0 spiro atoms. The Morgan fingerprint density at radius 2 is 1.86 bits per heavy atom. The summed E-state index contributed by atoms with van der Waals surface area (Å²) >= 11 is 1.18. The molecule has 0 aromatic heterocycles. The van der Waals surface area contributed by atoms with Crippen molar-refractivity contribution < 1.29 is 24.2 Å². The lowest BCUT2D eigenvalue weighted by atomic mass is 10.1. The van der Waals surface area contributed by atoms with Crippen LogP contribution in [-0.2, 0) is 9.53 Å². The van der Waals surface area contributed by atoms with Gasteiger partial charge in [0.15, 0.2) is 5.17 Å². The SMILES string of the molecule is CCN1C(=O)/C(=C/c2ccc(C(=O)OC)cc2)SC1=Nc1ccccc1C(=O)O. The number of amides is 1. The van der Waals surface area contributed by atoms with Gasteiger partial charge in [-0.1, -0.05) is 24.3 Å². The van der Waals surface area contributed by atoms with E-state index in [1.807, 2.05) is 6.92 Å². The number of aromatic carboxylic acids is 1. The van der Waals surface area contributed by atoms with Gasteiger partial charge in [-0.25, -0.2) is 14.6 Å². The molecule has 1 N–H and O–H groups in total. The number of carbonyl (C=O) groups excluding carboxylic acids is 2. The fourth-order valence-electron chi connectivity index (χ4n) is 2.71. The molecule has 2 aromatic carbocycles. The first-order chi connectivity index (χ1) is 13.9. The second kappa shape index (κ2) is 8.74. The highest BCUT2D eigenvalue weighted by Crippen LogP contribution is 2.34. The van der Waals surface area contributed by atoms with E-state index in [0.717, 1.165) is 5.56 Å². The lowest BCUT2D eigenvalue weighted by Gasteiger charge is -2.12. The van der Waals surface area contributed by atoms with E-state index in [1.165, 1.54) is 29.8 Å². The molecule has 8 heteroatoms. The van der Waals surface area contributed by atoms with Crippen molar-refractivity contribution in [3.05, 3.63) is 70.1 Å². The molecule has 1 aliphatic rings. The van der Waals surface area contributed by atoms with Crippen molar-refractivity contribution in [2.75, 3.05) is 13.7 Å². The molecular weight excluding hydrogens is 392 g/mol. The summed E-state index contributed by atoms with van der Waals surface area (Å²) in [6.45, 7) is 2.23. The highest BCUT2D eigenvalue weighted by atomic mass is 32.2. The molecule has 0 aliphatic carbocycles. The number of likely N-dealkylation sites (N-methyl/N-ethyl adjacent to an activating group) is 1. The van der Waals surface area contributed by atoms with E-state index < -0.39 is 11.9 Å². The predicted molar refractivity (Wildman–Crippen MR) is 111 cm³/mol. The molecule has 1 fully saturated rings. The largest absolute Gasteiger partial charge is 0.478 e. The van der Waals surface area contributed by atoms with Crippen LogP contribution in [0, 0.1) is 0 Å². The molecule has 2 aromatic rings. The number of amidine groups is 1. The quantitative estimate of drug-likeness (QED) is 0.595. The topological polar surface area (TPSA) is 96.3 Å². The summed E-state index contributed by atoms with van der Waals surface area (Å²) in [5.74, 6) is -1.72. The minimum Gasteiger partial charge on any atom is -0.478 e.